The molecule has 0 amide bonds. The van der Waals surface area contributed by atoms with Crippen molar-refractivity contribution in [3.8, 4) is 11.5 Å². The van der Waals surface area contributed by atoms with Crippen LogP contribution in [0.25, 0.3) is 0 Å². The minimum absolute atomic E-state index is 0.0138. The number of nitrogens with zero attached hydrogens (tertiary/aromatic N) is 1. The molecule has 2 aromatic rings. The molecule has 0 saturated heterocycles. The lowest BCUT2D eigenvalue weighted by molar-refractivity contribution is -0.385. The number of para-hydroxylation sites is 1. The van der Waals surface area contributed by atoms with Crippen molar-refractivity contribution in [2.75, 3.05) is 19.5 Å². The number of nitrogens with one attached hydrogen (secondary N) is 1. The molecule has 2 aromatic carbocycles. The number of allylic oxidation sites excluding steroid dienone is 2. The van der Waals surface area contributed by atoms with E-state index in [1.807, 2.05) is 18.2 Å². The molecule has 1 aliphatic heterocycles. The van der Waals surface area contributed by atoms with Crippen LogP contribution in [-0.2, 0) is 0 Å². The monoisotopic (exact) mass is 352 g/mol. The van der Waals surface area contributed by atoms with E-state index < -0.39 is 4.92 Å². The third kappa shape index (κ3) is 2.49. The minimum Gasteiger partial charge on any atom is -0.495 e. The van der Waals surface area contributed by atoms with Gasteiger partial charge in [-0.05, 0) is 35.6 Å². The van der Waals surface area contributed by atoms with Crippen molar-refractivity contribution in [3.05, 3.63) is 69.8 Å². The number of fused-ring (bicyclic) bond motifs is 3. The average Bonchev–Trinajstić information content (AvgIpc) is 3.16. The Balaban J connectivity index is 1.80. The van der Waals surface area contributed by atoms with E-state index in [4.69, 9.17) is 9.47 Å². The molecule has 1 aliphatic carbocycles. The first-order valence-corrected chi connectivity index (χ1v) is 8.56. The Morgan fingerprint density at radius 3 is 2.69 bits per heavy atom. The summed E-state index contributed by atoms with van der Waals surface area (Å²) in [6.45, 7) is 0. The molecule has 0 spiro atoms. The van der Waals surface area contributed by atoms with Crippen molar-refractivity contribution >= 4 is 11.4 Å². The number of ether oxygens (including phenoxy) is 2. The quantitative estimate of drug-likeness (QED) is 0.500. The number of hydrogen-bond acceptors (Lipinski definition) is 5. The van der Waals surface area contributed by atoms with Gasteiger partial charge in [0.15, 0.2) is 5.75 Å². The van der Waals surface area contributed by atoms with Crippen LogP contribution in [0.2, 0.25) is 0 Å². The van der Waals surface area contributed by atoms with Crippen molar-refractivity contribution in [1.29, 1.82) is 0 Å². The molecule has 2 unspecified atom stereocenters. The Morgan fingerprint density at radius 1 is 1.15 bits per heavy atom. The van der Waals surface area contributed by atoms with E-state index in [-0.39, 0.29) is 23.4 Å². The van der Waals surface area contributed by atoms with Crippen molar-refractivity contribution in [3.63, 3.8) is 0 Å². The highest BCUT2D eigenvalue weighted by Crippen LogP contribution is 2.52. The van der Waals surface area contributed by atoms with Crippen LogP contribution in [0.3, 0.4) is 0 Å². The van der Waals surface area contributed by atoms with Gasteiger partial charge in [0.1, 0.15) is 5.75 Å². The van der Waals surface area contributed by atoms with Gasteiger partial charge in [-0.1, -0.05) is 30.4 Å². The molecule has 6 heteroatoms. The number of nitro benzene ring substituents is 1. The number of anilines is 1. The molecule has 0 saturated carbocycles. The summed E-state index contributed by atoms with van der Waals surface area (Å²) in [5.74, 6) is 1.64. The number of nitro groups is 1. The minimum atomic E-state index is -0.399. The normalized spacial score (nSPS) is 22.9. The molecule has 0 bridgehead atoms. The van der Waals surface area contributed by atoms with Crippen molar-refractivity contribution in [2.24, 2.45) is 5.92 Å². The summed E-state index contributed by atoms with van der Waals surface area (Å²) in [4.78, 5) is 11.0. The van der Waals surface area contributed by atoms with E-state index >= 15 is 0 Å². The van der Waals surface area contributed by atoms with Crippen molar-refractivity contribution < 1.29 is 14.4 Å². The van der Waals surface area contributed by atoms with Gasteiger partial charge in [0.2, 0.25) is 0 Å². The topological polar surface area (TPSA) is 73.6 Å². The van der Waals surface area contributed by atoms with Gasteiger partial charge in [-0.2, -0.15) is 0 Å². The molecule has 1 N–H and O–H groups in total. The fraction of sp³-hybridized carbons (Fsp3) is 0.300. The van der Waals surface area contributed by atoms with Crippen LogP contribution in [0.15, 0.2) is 48.6 Å². The lowest BCUT2D eigenvalue weighted by atomic mass is 9.77. The first-order chi connectivity index (χ1) is 12.6. The fourth-order valence-electron chi connectivity index (χ4n) is 4.14. The first-order valence-electron chi connectivity index (χ1n) is 8.56. The van der Waals surface area contributed by atoms with Gasteiger partial charge in [-0.25, -0.2) is 0 Å². The first kappa shape index (κ1) is 16.4. The van der Waals surface area contributed by atoms with Gasteiger partial charge in [0.05, 0.1) is 30.9 Å². The zero-order valence-electron chi connectivity index (χ0n) is 14.6. The summed E-state index contributed by atoms with van der Waals surface area (Å²) < 4.78 is 10.7. The number of rotatable bonds is 4. The summed E-state index contributed by atoms with van der Waals surface area (Å²) in [5, 5.41) is 15.0. The van der Waals surface area contributed by atoms with Crippen molar-refractivity contribution in [2.45, 2.75) is 18.4 Å². The predicted molar refractivity (Wildman–Crippen MR) is 99.0 cm³/mol. The van der Waals surface area contributed by atoms with Crippen LogP contribution in [0, 0.1) is 16.0 Å². The van der Waals surface area contributed by atoms with Crippen LogP contribution in [0.5, 0.6) is 11.5 Å². The van der Waals surface area contributed by atoms with Gasteiger partial charge in [0, 0.05) is 12.0 Å². The van der Waals surface area contributed by atoms with Crippen molar-refractivity contribution in [1.82, 2.24) is 0 Å². The third-order valence-corrected chi connectivity index (χ3v) is 5.34. The standard InChI is InChI=1S/C20H20N2O4/c1-25-17-10-9-12(11-16(17)22(23)24)19-14-6-3-5-13(14)15-7-4-8-18(26-2)20(15)21-19/h3-5,7-11,13-14,19,21H,6H2,1-2H3/t13?,14?,19-/m1/s1. The second kappa shape index (κ2) is 6.37. The van der Waals surface area contributed by atoms with E-state index in [9.17, 15) is 10.1 Å². The Kier molecular flexibility index (Phi) is 4.03. The van der Waals surface area contributed by atoms with Gasteiger partial charge in [-0.3, -0.25) is 10.1 Å². The molecule has 0 radical (unpaired) electrons. The lowest BCUT2D eigenvalue weighted by Crippen LogP contribution is -2.29. The van der Waals surface area contributed by atoms with Crippen LogP contribution in [0.1, 0.15) is 29.5 Å². The van der Waals surface area contributed by atoms with Gasteiger partial charge >= 0.3 is 5.69 Å². The molecule has 6 nitrogen and oxygen atoms in total. The van der Waals surface area contributed by atoms with Crippen LogP contribution < -0.4 is 14.8 Å². The fourth-order valence-corrected chi connectivity index (χ4v) is 4.14. The van der Waals surface area contributed by atoms with E-state index in [1.54, 1.807) is 19.2 Å². The summed E-state index contributed by atoms with van der Waals surface area (Å²) in [7, 11) is 3.10. The maximum absolute atomic E-state index is 11.4. The summed E-state index contributed by atoms with van der Waals surface area (Å²) in [5.41, 5.74) is 3.04. The second-order valence-electron chi connectivity index (χ2n) is 6.59. The largest absolute Gasteiger partial charge is 0.495 e. The molecule has 4 rings (SSSR count). The molecule has 1 heterocycles. The Morgan fingerprint density at radius 2 is 1.96 bits per heavy atom. The molecule has 2 aliphatic rings. The second-order valence-corrected chi connectivity index (χ2v) is 6.59. The summed E-state index contributed by atoms with van der Waals surface area (Å²) >= 11 is 0. The number of methoxy groups -OCH3 is 2. The average molecular weight is 352 g/mol. The van der Waals surface area contributed by atoms with Crippen LogP contribution >= 0.6 is 0 Å². The molecule has 0 fully saturated rings. The lowest BCUT2D eigenvalue weighted by Gasteiger charge is -2.38. The van der Waals surface area contributed by atoms with E-state index in [0.29, 0.717) is 5.92 Å². The summed E-state index contributed by atoms with van der Waals surface area (Å²) in [6.07, 6.45) is 5.35. The maximum atomic E-state index is 11.4. The van der Waals surface area contributed by atoms with Gasteiger partial charge in [0.25, 0.3) is 0 Å². The Bertz CT molecular complexity index is 893. The molecule has 134 valence electrons. The number of benzene rings is 2. The SMILES string of the molecule is COc1ccc([C@H]2Nc3c(OC)cccc3C3C=CCC32)cc1[N+](=O)[O-]. The molecule has 26 heavy (non-hydrogen) atoms. The highest BCUT2D eigenvalue weighted by atomic mass is 16.6. The molecular weight excluding hydrogens is 332 g/mol. The van der Waals surface area contributed by atoms with E-state index in [0.717, 1.165) is 23.4 Å². The zero-order chi connectivity index (χ0) is 18.3. The van der Waals surface area contributed by atoms with Crippen LogP contribution in [-0.4, -0.2) is 19.1 Å². The third-order valence-electron chi connectivity index (χ3n) is 5.34. The Hall–Kier alpha value is -3.02. The highest BCUT2D eigenvalue weighted by Gasteiger charge is 2.39. The van der Waals surface area contributed by atoms with E-state index in [1.165, 1.54) is 12.7 Å². The van der Waals surface area contributed by atoms with Gasteiger partial charge in [-0.15, -0.1) is 0 Å². The number of hydrogen-bond donors (Lipinski definition) is 1. The smallest absolute Gasteiger partial charge is 0.311 e. The molecular formula is C20H20N2O4. The highest BCUT2D eigenvalue weighted by molar-refractivity contribution is 5.68. The maximum Gasteiger partial charge on any atom is 0.311 e. The zero-order valence-corrected chi connectivity index (χ0v) is 14.6. The van der Waals surface area contributed by atoms with Crippen LogP contribution in [0.4, 0.5) is 11.4 Å². The molecule has 3 atom stereocenters. The Labute approximate surface area is 151 Å². The predicted octanol–water partition coefficient (Wildman–Crippen LogP) is 4.44. The molecule has 0 aromatic heterocycles. The van der Waals surface area contributed by atoms with Gasteiger partial charge < -0.3 is 14.8 Å². The summed E-state index contributed by atoms with van der Waals surface area (Å²) in [6, 6.07) is 11.2. The van der Waals surface area contributed by atoms with E-state index in [2.05, 4.69) is 23.5 Å².